The van der Waals surface area contributed by atoms with Gasteiger partial charge >= 0.3 is 6.09 Å². The summed E-state index contributed by atoms with van der Waals surface area (Å²) in [7, 11) is -4.16. The van der Waals surface area contributed by atoms with Gasteiger partial charge in [0.05, 0.1) is 16.6 Å². The van der Waals surface area contributed by atoms with Gasteiger partial charge in [0, 0.05) is 29.3 Å². The van der Waals surface area contributed by atoms with Gasteiger partial charge in [0.1, 0.15) is 12.7 Å². The first kappa shape index (κ1) is 34.7. The molecule has 2 saturated carbocycles. The Hall–Kier alpha value is -4.19. The number of aryl methyl sites for hydroxylation is 2. The first-order valence-corrected chi connectivity index (χ1v) is 18.8. The molecule has 0 spiro atoms. The number of benzene rings is 2. The second-order valence-electron chi connectivity index (χ2n) is 14.9. The molecule has 3 aromatic rings. The monoisotopic (exact) mass is 689 g/mol. The number of sulfonamides is 1. The normalized spacial score (nSPS) is 22.7. The van der Waals surface area contributed by atoms with Crippen molar-refractivity contribution in [3.63, 3.8) is 0 Å². The zero-order valence-electron chi connectivity index (χ0n) is 29.0. The maximum Gasteiger partial charge on any atom is 0.407 e. The molecule has 6 rings (SSSR count). The number of ether oxygens (including phenoxy) is 2. The zero-order chi connectivity index (χ0) is 34.9. The second kappa shape index (κ2) is 14.0. The summed E-state index contributed by atoms with van der Waals surface area (Å²) in [5, 5.41) is 3.03. The molecule has 2 aliphatic carbocycles. The van der Waals surface area contributed by atoms with Crippen LogP contribution in [0.2, 0.25) is 0 Å². The Morgan fingerprint density at radius 3 is 2.35 bits per heavy atom. The Bertz CT molecular complexity index is 1790. The van der Waals surface area contributed by atoms with Crippen molar-refractivity contribution in [2.45, 2.75) is 115 Å². The van der Waals surface area contributed by atoms with Gasteiger partial charge in [-0.05, 0) is 100.0 Å². The number of aromatic nitrogens is 2. The van der Waals surface area contributed by atoms with Crippen molar-refractivity contribution in [1.82, 2.24) is 20.2 Å². The summed E-state index contributed by atoms with van der Waals surface area (Å²) in [6, 6.07) is 13.2. The fourth-order valence-electron chi connectivity index (χ4n) is 7.11. The minimum atomic E-state index is -4.16. The van der Waals surface area contributed by atoms with Gasteiger partial charge in [-0.2, -0.15) is 4.98 Å². The van der Waals surface area contributed by atoms with Crippen molar-refractivity contribution in [2.24, 2.45) is 5.41 Å². The number of anilines is 1. The summed E-state index contributed by atoms with van der Waals surface area (Å²) >= 11 is 0. The second-order valence-corrected chi connectivity index (χ2v) is 16.5. The maximum absolute atomic E-state index is 14.6. The lowest BCUT2D eigenvalue weighted by Crippen LogP contribution is -2.53. The van der Waals surface area contributed by atoms with Crippen LogP contribution in [0.15, 0.2) is 53.4 Å². The number of hydrogen-bond donors (Lipinski definition) is 2. The maximum atomic E-state index is 14.6. The quantitative estimate of drug-likeness (QED) is 0.299. The number of nitrogens with zero attached hydrogens (tertiary/aromatic N) is 3. The minimum absolute atomic E-state index is 0.0104. The molecule has 12 heteroatoms. The lowest BCUT2D eigenvalue weighted by Gasteiger charge is -2.43. The molecule has 2 N–H and O–H groups in total. The van der Waals surface area contributed by atoms with Gasteiger partial charge in [0.15, 0.2) is 0 Å². The number of rotatable bonds is 5. The van der Waals surface area contributed by atoms with Crippen molar-refractivity contribution in [3.05, 3.63) is 65.2 Å². The molecule has 0 radical (unpaired) electrons. The third kappa shape index (κ3) is 8.17. The van der Waals surface area contributed by atoms with Crippen LogP contribution in [0.25, 0.3) is 11.3 Å². The van der Waals surface area contributed by atoms with E-state index in [-0.39, 0.29) is 70.5 Å². The van der Waals surface area contributed by atoms with Crippen LogP contribution >= 0.6 is 0 Å². The largest absolute Gasteiger partial charge is 0.475 e. The van der Waals surface area contributed by atoms with Gasteiger partial charge in [0.25, 0.3) is 15.9 Å². The van der Waals surface area contributed by atoms with Crippen LogP contribution in [-0.4, -0.2) is 66.1 Å². The molecular formula is C37H47N5O6S. The summed E-state index contributed by atoms with van der Waals surface area (Å²) in [5.74, 6) is -0.165. The van der Waals surface area contributed by atoms with Gasteiger partial charge in [0.2, 0.25) is 11.8 Å². The Kier molecular flexibility index (Phi) is 9.88. The van der Waals surface area contributed by atoms with Crippen LogP contribution < -0.4 is 14.8 Å². The highest BCUT2D eigenvalue weighted by atomic mass is 32.2. The molecule has 0 saturated heterocycles. The van der Waals surface area contributed by atoms with Gasteiger partial charge in [-0.3, -0.25) is 4.79 Å². The van der Waals surface area contributed by atoms with Gasteiger partial charge in [-0.1, -0.05) is 45.0 Å². The van der Waals surface area contributed by atoms with Crippen molar-refractivity contribution >= 4 is 28.0 Å². The molecule has 262 valence electrons. The van der Waals surface area contributed by atoms with Crippen LogP contribution in [0, 0.1) is 19.3 Å². The highest BCUT2D eigenvalue weighted by molar-refractivity contribution is 7.92. The summed E-state index contributed by atoms with van der Waals surface area (Å²) in [6.45, 7) is 10.5. The first-order chi connectivity index (χ1) is 23.3. The molecule has 1 aromatic heterocycles. The fourth-order valence-corrected chi connectivity index (χ4v) is 8.10. The van der Waals surface area contributed by atoms with E-state index in [0.717, 1.165) is 36.0 Å². The first-order valence-electron chi connectivity index (χ1n) is 17.3. The predicted molar refractivity (Wildman–Crippen MR) is 187 cm³/mol. The summed E-state index contributed by atoms with van der Waals surface area (Å²) < 4.78 is 41.9. The van der Waals surface area contributed by atoms with Gasteiger partial charge < -0.3 is 19.7 Å². The van der Waals surface area contributed by atoms with Gasteiger partial charge in [-0.25, -0.2) is 22.9 Å². The summed E-state index contributed by atoms with van der Waals surface area (Å²) in [5.41, 5.74) is 3.46. The third-order valence-electron chi connectivity index (χ3n) is 9.69. The van der Waals surface area contributed by atoms with E-state index in [1.807, 2.05) is 36.9 Å². The van der Waals surface area contributed by atoms with Crippen molar-refractivity contribution < 1.29 is 27.5 Å². The van der Waals surface area contributed by atoms with Crippen molar-refractivity contribution in [1.29, 1.82) is 0 Å². The SMILES string of the molecule is Cc1cccc(C)c1-c1cc2nc(n1)NS(=O)(=O)c1cccc(c1)C(=O)N([C@H]1CC[C@H](NC(=O)OC3CCC3)CC1)[C@H](CC(C)(C)C)CO2. The molecule has 49 heavy (non-hydrogen) atoms. The van der Waals surface area contributed by atoms with E-state index in [0.29, 0.717) is 37.8 Å². The van der Waals surface area contributed by atoms with E-state index < -0.39 is 10.0 Å². The summed E-state index contributed by atoms with van der Waals surface area (Å²) in [6.07, 6.45) is 5.87. The third-order valence-corrected chi connectivity index (χ3v) is 11.0. The molecule has 11 nitrogen and oxygen atoms in total. The van der Waals surface area contributed by atoms with Crippen LogP contribution in [0.3, 0.4) is 0 Å². The Morgan fingerprint density at radius 2 is 1.69 bits per heavy atom. The molecule has 2 amide bonds. The zero-order valence-corrected chi connectivity index (χ0v) is 29.8. The number of hydrogen-bond acceptors (Lipinski definition) is 8. The number of amides is 2. The Labute approximate surface area is 289 Å². The standard InChI is InChI=1S/C37H47N5O6S/c1-23-9-6-10-24(2)33(23)31-20-32-40-35(39-31)41-49(45,46)30-14-7-11-25(19-30)34(43)42(28(22-47-32)21-37(3,4)5)27-17-15-26(16-18-27)38-36(44)48-29-12-8-13-29/h6-7,9-11,14,19-20,26-29H,8,12-13,15-18,21-22H2,1-5H3,(H,38,44)(H,39,40,41)/t26-,27-,28-/m1/s1. The Balaban J connectivity index is 1.36. The molecule has 2 aromatic carbocycles. The van der Waals surface area contributed by atoms with Crippen LogP contribution in [0.4, 0.5) is 10.7 Å². The number of nitrogens with one attached hydrogen (secondary N) is 2. The Morgan fingerprint density at radius 1 is 1.00 bits per heavy atom. The van der Waals surface area contributed by atoms with Crippen LogP contribution in [0.1, 0.15) is 93.6 Å². The van der Waals surface area contributed by atoms with Gasteiger partial charge in [-0.15, -0.1) is 0 Å². The highest BCUT2D eigenvalue weighted by Gasteiger charge is 2.38. The van der Waals surface area contributed by atoms with E-state index in [4.69, 9.17) is 9.47 Å². The average Bonchev–Trinajstić information content (AvgIpc) is 3.01. The molecule has 0 unspecified atom stereocenters. The van der Waals surface area contributed by atoms with E-state index in [2.05, 4.69) is 40.8 Å². The van der Waals surface area contributed by atoms with E-state index in [9.17, 15) is 18.0 Å². The topological polar surface area (TPSA) is 140 Å². The number of alkyl carbamates (subject to hydrolysis) is 1. The molecular weight excluding hydrogens is 643 g/mol. The van der Waals surface area contributed by atoms with Crippen molar-refractivity contribution in [3.8, 4) is 17.1 Å². The van der Waals surface area contributed by atoms with Crippen molar-refractivity contribution in [2.75, 3.05) is 11.3 Å². The molecule has 1 aliphatic heterocycles. The lowest BCUT2D eigenvalue weighted by molar-refractivity contribution is 0.0282. The average molecular weight is 690 g/mol. The van der Waals surface area contributed by atoms with Crippen LogP contribution in [0.5, 0.6) is 5.88 Å². The molecule has 2 heterocycles. The summed E-state index contributed by atoms with van der Waals surface area (Å²) in [4.78, 5) is 38.0. The van der Waals surface area contributed by atoms with E-state index in [1.165, 1.54) is 12.1 Å². The molecule has 4 bridgehead atoms. The highest BCUT2D eigenvalue weighted by Crippen LogP contribution is 2.34. The number of carbonyl (C=O) groups excluding carboxylic acids is 2. The smallest absolute Gasteiger partial charge is 0.407 e. The van der Waals surface area contributed by atoms with Crippen LogP contribution in [-0.2, 0) is 14.8 Å². The fraction of sp³-hybridized carbons (Fsp3) is 0.514. The molecule has 2 fully saturated rings. The number of fused-ring (bicyclic) bond motifs is 4. The van der Waals surface area contributed by atoms with E-state index >= 15 is 0 Å². The molecule has 3 aliphatic rings. The minimum Gasteiger partial charge on any atom is -0.475 e. The van der Waals surface area contributed by atoms with E-state index in [1.54, 1.807) is 18.2 Å². The molecule has 1 atom stereocenters. The number of carbonyl (C=O) groups is 2. The lowest BCUT2D eigenvalue weighted by atomic mass is 9.84. The predicted octanol–water partition coefficient (Wildman–Crippen LogP) is 6.79.